The Kier molecular flexibility index (Phi) is 3.01. The summed E-state index contributed by atoms with van der Waals surface area (Å²) in [5, 5.41) is -0.252. The van der Waals surface area contributed by atoms with Gasteiger partial charge in [0.1, 0.15) is 11.6 Å². The fraction of sp³-hybridized carbons (Fsp3) is 0.364. The fourth-order valence-corrected chi connectivity index (χ4v) is 1.99. The summed E-state index contributed by atoms with van der Waals surface area (Å²) in [5.74, 6) is -0.0886. The maximum Gasteiger partial charge on any atom is 0.228 e. The van der Waals surface area contributed by atoms with Crippen LogP contribution in [0.1, 0.15) is 6.42 Å². The number of nitrogens with zero attached hydrogens (tertiary/aromatic N) is 1. The Morgan fingerprint density at radius 1 is 1.56 bits per heavy atom. The molecule has 3 nitrogen and oxygen atoms in total. The van der Waals surface area contributed by atoms with Gasteiger partial charge in [0, 0.05) is 19.0 Å². The quantitative estimate of drug-likeness (QED) is 0.745. The minimum absolute atomic E-state index is 0.160. The molecule has 1 unspecified atom stereocenters. The van der Waals surface area contributed by atoms with Crippen LogP contribution in [0.25, 0.3) is 0 Å². The second-order valence-corrected chi connectivity index (χ2v) is 4.24. The summed E-state index contributed by atoms with van der Waals surface area (Å²) in [6.45, 7) is 0.338. The summed E-state index contributed by atoms with van der Waals surface area (Å²) in [5.41, 5.74) is 0.229. The third kappa shape index (κ3) is 1.97. The Hall–Kier alpha value is -1.29. The molecule has 0 radical (unpaired) electrons. The SMILES string of the molecule is COc1ccc(F)c(N2CC(Cl)CC2=O)c1. The Morgan fingerprint density at radius 3 is 2.88 bits per heavy atom. The topological polar surface area (TPSA) is 29.5 Å². The standard InChI is InChI=1S/C11H11ClFNO2/c1-16-8-2-3-9(13)10(5-8)14-6-7(12)4-11(14)15/h2-3,5,7H,4,6H2,1H3. The van der Waals surface area contributed by atoms with Crippen LogP contribution in [-0.4, -0.2) is 24.9 Å². The highest BCUT2D eigenvalue weighted by Gasteiger charge is 2.30. The van der Waals surface area contributed by atoms with Gasteiger partial charge >= 0.3 is 0 Å². The third-order valence-corrected chi connectivity index (χ3v) is 2.81. The van der Waals surface area contributed by atoms with Crippen LogP contribution in [0.15, 0.2) is 18.2 Å². The Balaban J connectivity index is 2.35. The number of ether oxygens (including phenoxy) is 1. The summed E-state index contributed by atoms with van der Waals surface area (Å²) in [6, 6.07) is 4.29. The van der Waals surface area contributed by atoms with E-state index in [1.54, 1.807) is 0 Å². The minimum atomic E-state index is -0.445. The zero-order valence-corrected chi connectivity index (χ0v) is 9.50. The van der Waals surface area contributed by atoms with E-state index in [2.05, 4.69) is 0 Å². The van der Waals surface area contributed by atoms with Crippen LogP contribution >= 0.6 is 11.6 Å². The highest BCUT2D eigenvalue weighted by Crippen LogP contribution is 2.29. The van der Waals surface area contributed by atoms with E-state index in [9.17, 15) is 9.18 Å². The predicted octanol–water partition coefficient (Wildman–Crippen LogP) is 2.18. The first-order valence-electron chi connectivity index (χ1n) is 4.90. The Labute approximate surface area is 97.8 Å². The first kappa shape index (κ1) is 11.2. The van der Waals surface area contributed by atoms with Gasteiger partial charge in [0.05, 0.1) is 18.2 Å². The molecule has 1 aliphatic rings. The van der Waals surface area contributed by atoms with E-state index in [1.165, 1.54) is 30.2 Å². The van der Waals surface area contributed by atoms with Gasteiger partial charge in [0.2, 0.25) is 5.91 Å². The highest BCUT2D eigenvalue weighted by molar-refractivity contribution is 6.24. The molecule has 1 amide bonds. The van der Waals surface area contributed by atoms with E-state index in [0.29, 0.717) is 12.3 Å². The fourth-order valence-electron chi connectivity index (χ4n) is 1.72. The average molecular weight is 244 g/mol. The van der Waals surface area contributed by atoms with Crippen LogP contribution in [0.5, 0.6) is 5.75 Å². The number of anilines is 1. The maximum atomic E-state index is 13.6. The molecule has 5 heteroatoms. The number of amides is 1. The van der Waals surface area contributed by atoms with Gasteiger partial charge in [-0.05, 0) is 12.1 Å². The van der Waals surface area contributed by atoms with Crippen LogP contribution in [-0.2, 0) is 4.79 Å². The van der Waals surface area contributed by atoms with Crippen molar-refractivity contribution in [1.29, 1.82) is 0 Å². The summed E-state index contributed by atoms with van der Waals surface area (Å²) < 4.78 is 18.6. The van der Waals surface area contributed by atoms with E-state index in [4.69, 9.17) is 16.3 Å². The molecule has 1 aromatic carbocycles. The number of carbonyl (C=O) groups excluding carboxylic acids is 1. The largest absolute Gasteiger partial charge is 0.497 e. The molecule has 0 spiro atoms. The Bertz CT molecular complexity index is 424. The monoisotopic (exact) mass is 243 g/mol. The van der Waals surface area contributed by atoms with Gasteiger partial charge in [-0.3, -0.25) is 4.79 Å². The molecule has 0 saturated carbocycles. The molecule has 0 bridgehead atoms. The molecule has 16 heavy (non-hydrogen) atoms. The van der Waals surface area contributed by atoms with E-state index < -0.39 is 5.82 Å². The average Bonchev–Trinajstić information content (AvgIpc) is 2.58. The van der Waals surface area contributed by atoms with Crippen LogP contribution < -0.4 is 9.64 Å². The zero-order valence-electron chi connectivity index (χ0n) is 8.74. The first-order chi connectivity index (χ1) is 7.61. The molecule has 0 aromatic heterocycles. The molecule has 86 valence electrons. The third-order valence-electron chi connectivity index (χ3n) is 2.52. The van der Waals surface area contributed by atoms with Gasteiger partial charge in [-0.1, -0.05) is 0 Å². The number of rotatable bonds is 2. The number of benzene rings is 1. The molecule has 0 aliphatic carbocycles. The van der Waals surface area contributed by atoms with Crippen LogP contribution in [0.4, 0.5) is 10.1 Å². The second-order valence-electron chi connectivity index (χ2n) is 3.62. The number of halogens is 2. The van der Waals surface area contributed by atoms with Crippen molar-refractivity contribution in [1.82, 2.24) is 0 Å². The number of alkyl halides is 1. The summed E-state index contributed by atoms with van der Waals surface area (Å²) in [7, 11) is 1.49. The molecule has 1 saturated heterocycles. The molecular formula is C11H11ClFNO2. The minimum Gasteiger partial charge on any atom is -0.497 e. The van der Waals surface area contributed by atoms with Gasteiger partial charge in [-0.15, -0.1) is 11.6 Å². The van der Waals surface area contributed by atoms with E-state index in [1.807, 2.05) is 0 Å². The lowest BCUT2D eigenvalue weighted by molar-refractivity contribution is -0.117. The normalized spacial score (nSPS) is 20.3. The van der Waals surface area contributed by atoms with Gasteiger partial charge in [-0.25, -0.2) is 4.39 Å². The van der Waals surface area contributed by atoms with Crippen LogP contribution in [0.3, 0.4) is 0 Å². The van der Waals surface area contributed by atoms with Gasteiger partial charge in [0.15, 0.2) is 0 Å². The van der Waals surface area contributed by atoms with Crippen molar-refractivity contribution >= 4 is 23.2 Å². The van der Waals surface area contributed by atoms with Crippen molar-refractivity contribution in [2.24, 2.45) is 0 Å². The van der Waals surface area contributed by atoms with Crippen molar-refractivity contribution in [3.8, 4) is 5.75 Å². The van der Waals surface area contributed by atoms with E-state index in [-0.39, 0.29) is 23.4 Å². The zero-order chi connectivity index (χ0) is 11.7. The van der Waals surface area contributed by atoms with Gasteiger partial charge in [-0.2, -0.15) is 0 Å². The smallest absolute Gasteiger partial charge is 0.228 e. The van der Waals surface area contributed by atoms with Crippen molar-refractivity contribution in [2.75, 3.05) is 18.6 Å². The first-order valence-corrected chi connectivity index (χ1v) is 5.33. The maximum absolute atomic E-state index is 13.6. The summed E-state index contributed by atoms with van der Waals surface area (Å²) in [4.78, 5) is 12.9. The molecule has 2 rings (SSSR count). The van der Waals surface area contributed by atoms with Crippen LogP contribution in [0, 0.1) is 5.82 Å². The molecule has 1 heterocycles. The number of hydrogen-bond acceptors (Lipinski definition) is 2. The highest BCUT2D eigenvalue weighted by atomic mass is 35.5. The molecule has 1 fully saturated rings. The molecule has 1 aliphatic heterocycles. The number of hydrogen-bond donors (Lipinski definition) is 0. The van der Waals surface area contributed by atoms with Crippen molar-refractivity contribution in [3.05, 3.63) is 24.0 Å². The summed E-state index contributed by atoms with van der Waals surface area (Å²) in [6.07, 6.45) is 0.248. The second kappa shape index (κ2) is 4.29. The van der Waals surface area contributed by atoms with Crippen molar-refractivity contribution in [3.63, 3.8) is 0 Å². The lowest BCUT2D eigenvalue weighted by atomic mass is 10.2. The van der Waals surface area contributed by atoms with Crippen molar-refractivity contribution < 1.29 is 13.9 Å². The number of methoxy groups -OCH3 is 1. The van der Waals surface area contributed by atoms with Gasteiger partial charge < -0.3 is 9.64 Å². The molecule has 0 N–H and O–H groups in total. The van der Waals surface area contributed by atoms with E-state index in [0.717, 1.165) is 0 Å². The molecule has 1 aromatic rings. The van der Waals surface area contributed by atoms with Crippen molar-refractivity contribution in [2.45, 2.75) is 11.8 Å². The molecule has 1 atom stereocenters. The summed E-state index contributed by atoms with van der Waals surface area (Å²) >= 11 is 5.86. The van der Waals surface area contributed by atoms with E-state index >= 15 is 0 Å². The number of carbonyl (C=O) groups is 1. The lowest BCUT2D eigenvalue weighted by Gasteiger charge is -2.17. The Morgan fingerprint density at radius 2 is 2.31 bits per heavy atom. The molecular weight excluding hydrogens is 233 g/mol. The lowest BCUT2D eigenvalue weighted by Crippen LogP contribution is -2.25. The van der Waals surface area contributed by atoms with Crippen LogP contribution in [0.2, 0.25) is 0 Å². The predicted molar refractivity (Wildman–Crippen MR) is 59.6 cm³/mol. The van der Waals surface area contributed by atoms with Gasteiger partial charge in [0.25, 0.3) is 0 Å².